The molecular formula is C16H21N3O3S. The topological polar surface area (TPSA) is 81.1 Å². The first-order valence-electron chi connectivity index (χ1n) is 7.53. The summed E-state index contributed by atoms with van der Waals surface area (Å²) in [6, 6.07) is 9.79. The lowest BCUT2D eigenvalue weighted by molar-refractivity contribution is -0.121. The van der Waals surface area contributed by atoms with E-state index in [2.05, 4.69) is 10.4 Å². The average Bonchev–Trinajstić information content (AvgIpc) is 3.02. The van der Waals surface area contributed by atoms with Crippen LogP contribution in [0.4, 0.5) is 0 Å². The number of aromatic nitrogens is 2. The summed E-state index contributed by atoms with van der Waals surface area (Å²) in [5.41, 5.74) is 0.895. The molecular weight excluding hydrogens is 314 g/mol. The van der Waals surface area contributed by atoms with Gasteiger partial charge in [-0.25, -0.2) is 8.42 Å². The van der Waals surface area contributed by atoms with Gasteiger partial charge < -0.3 is 5.32 Å². The van der Waals surface area contributed by atoms with Crippen LogP contribution in [-0.2, 0) is 21.2 Å². The van der Waals surface area contributed by atoms with Crippen LogP contribution in [0.15, 0.2) is 47.5 Å². The van der Waals surface area contributed by atoms with Crippen molar-refractivity contribution in [1.29, 1.82) is 0 Å². The van der Waals surface area contributed by atoms with Gasteiger partial charge in [-0.1, -0.05) is 18.2 Å². The van der Waals surface area contributed by atoms with Crippen molar-refractivity contribution in [2.75, 3.05) is 5.75 Å². The van der Waals surface area contributed by atoms with E-state index in [1.54, 1.807) is 29.1 Å². The van der Waals surface area contributed by atoms with Gasteiger partial charge in [0.15, 0.2) is 9.84 Å². The SMILES string of the molecule is CCn1nccc1[C@@H](C)NC(=O)CCS(=O)(=O)c1ccccc1. The van der Waals surface area contributed by atoms with E-state index in [1.807, 2.05) is 19.9 Å². The molecule has 0 radical (unpaired) electrons. The first-order valence-corrected chi connectivity index (χ1v) is 9.18. The number of carbonyl (C=O) groups is 1. The summed E-state index contributed by atoms with van der Waals surface area (Å²) < 4.78 is 26.1. The second-order valence-electron chi connectivity index (χ2n) is 5.24. The fraction of sp³-hybridized carbons (Fsp3) is 0.375. The second kappa shape index (κ2) is 7.41. The number of hydrogen-bond donors (Lipinski definition) is 1. The predicted molar refractivity (Wildman–Crippen MR) is 87.6 cm³/mol. The first-order chi connectivity index (χ1) is 10.9. The predicted octanol–water partition coefficient (Wildman–Crippen LogP) is 1.94. The van der Waals surface area contributed by atoms with E-state index >= 15 is 0 Å². The van der Waals surface area contributed by atoms with Crippen LogP contribution in [-0.4, -0.2) is 29.9 Å². The Bertz CT molecular complexity index is 754. The van der Waals surface area contributed by atoms with E-state index < -0.39 is 9.84 Å². The molecule has 0 fully saturated rings. The van der Waals surface area contributed by atoms with Crippen LogP contribution < -0.4 is 5.32 Å². The minimum absolute atomic E-state index is 0.0676. The van der Waals surface area contributed by atoms with Crippen molar-refractivity contribution in [3.63, 3.8) is 0 Å². The van der Waals surface area contributed by atoms with Crippen LogP contribution >= 0.6 is 0 Å². The quantitative estimate of drug-likeness (QED) is 0.838. The van der Waals surface area contributed by atoms with Gasteiger partial charge in [0.05, 0.1) is 22.4 Å². The third kappa shape index (κ3) is 4.41. The first kappa shape index (κ1) is 17.2. The Morgan fingerprint density at radius 3 is 2.61 bits per heavy atom. The smallest absolute Gasteiger partial charge is 0.221 e. The molecule has 1 amide bonds. The Kier molecular flexibility index (Phi) is 5.54. The van der Waals surface area contributed by atoms with Gasteiger partial charge in [-0.05, 0) is 32.0 Å². The normalized spacial score (nSPS) is 12.8. The third-order valence-corrected chi connectivity index (χ3v) is 5.30. The Morgan fingerprint density at radius 2 is 1.96 bits per heavy atom. The maximum atomic E-state index is 12.2. The van der Waals surface area contributed by atoms with Crippen LogP contribution in [0.2, 0.25) is 0 Å². The molecule has 0 spiro atoms. The van der Waals surface area contributed by atoms with Crippen molar-refractivity contribution in [1.82, 2.24) is 15.1 Å². The molecule has 0 unspecified atom stereocenters. The van der Waals surface area contributed by atoms with Crippen molar-refractivity contribution in [3.8, 4) is 0 Å². The van der Waals surface area contributed by atoms with Crippen LogP contribution in [0.25, 0.3) is 0 Å². The zero-order chi connectivity index (χ0) is 16.9. The fourth-order valence-corrected chi connectivity index (χ4v) is 3.60. The van der Waals surface area contributed by atoms with E-state index in [0.29, 0.717) is 6.54 Å². The number of carbonyl (C=O) groups excluding carboxylic acids is 1. The highest BCUT2D eigenvalue weighted by molar-refractivity contribution is 7.91. The standard InChI is InChI=1S/C16H21N3O3S/c1-3-19-15(9-11-17-19)13(2)18-16(20)10-12-23(21,22)14-7-5-4-6-8-14/h4-9,11,13H,3,10,12H2,1-2H3,(H,18,20)/t13-/m1/s1. The molecule has 0 bridgehead atoms. The molecule has 0 aliphatic heterocycles. The van der Waals surface area contributed by atoms with E-state index in [1.165, 1.54) is 12.1 Å². The highest BCUT2D eigenvalue weighted by Crippen LogP contribution is 2.13. The van der Waals surface area contributed by atoms with Crippen molar-refractivity contribution in [2.24, 2.45) is 0 Å². The zero-order valence-electron chi connectivity index (χ0n) is 13.3. The summed E-state index contributed by atoms with van der Waals surface area (Å²) >= 11 is 0. The number of benzene rings is 1. The van der Waals surface area contributed by atoms with Gasteiger partial charge >= 0.3 is 0 Å². The number of amides is 1. The number of rotatable bonds is 7. The second-order valence-corrected chi connectivity index (χ2v) is 7.35. The number of hydrogen-bond acceptors (Lipinski definition) is 4. The van der Waals surface area contributed by atoms with Gasteiger partial charge in [0.1, 0.15) is 0 Å². The number of sulfone groups is 1. The van der Waals surface area contributed by atoms with Crippen molar-refractivity contribution < 1.29 is 13.2 Å². The Labute approximate surface area is 136 Å². The minimum atomic E-state index is -3.44. The molecule has 23 heavy (non-hydrogen) atoms. The van der Waals surface area contributed by atoms with E-state index in [-0.39, 0.29) is 29.0 Å². The molecule has 0 aliphatic carbocycles. The summed E-state index contributed by atoms with van der Waals surface area (Å²) in [5, 5.41) is 6.97. The number of nitrogens with zero attached hydrogens (tertiary/aromatic N) is 2. The summed E-state index contributed by atoms with van der Waals surface area (Å²) in [5.74, 6) is -0.497. The number of nitrogens with one attached hydrogen (secondary N) is 1. The van der Waals surface area contributed by atoms with Crippen LogP contribution in [0.1, 0.15) is 32.0 Å². The summed E-state index contributed by atoms with van der Waals surface area (Å²) in [7, 11) is -3.44. The molecule has 1 aromatic heterocycles. The molecule has 7 heteroatoms. The highest BCUT2D eigenvalue weighted by atomic mass is 32.2. The van der Waals surface area contributed by atoms with Gasteiger partial charge in [0, 0.05) is 19.2 Å². The van der Waals surface area contributed by atoms with Crippen molar-refractivity contribution in [3.05, 3.63) is 48.3 Å². The largest absolute Gasteiger partial charge is 0.348 e. The van der Waals surface area contributed by atoms with E-state index in [9.17, 15) is 13.2 Å². The summed E-state index contributed by atoms with van der Waals surface area (Å²) in [6.45, 7) is 4.54. The fourth-order valence-electron chi connectivity index (χ4n) is 2.34. The third-order valence-electron chi connectivity index (χ3n) is 3.57. The van der Waals surface area contributed by atoms with Gasteiger partial charge in [-0.2, -0.15) is 5.10 Å². The molecule has 1 atom stereocenters. The van der Waals surface area contributed by atoms with Crippen LogP contribution in [0.5, 0.6) is 0 Å². The summed E-state index contributed by atoms with van der Waals surface area (Å²) in [4.78, 5) is 12.3. The molecule has 0 aliphatic rings. The van der Waals surface area contributed by atoms with Gasteiger partial charge in [0.25, 0.3) is 0 Å². The lowest BCUT2D eigenvalue weighted by Crippen LogP contribution is -2.29. The lowest BCUT2D eigenvalue weighted by Gasteiger charge is -2.15. The monoisotopic (exact) mass is 335 g/mol. The maximum Gasteiger partial charge on any atom is 0.221 e. The molecule has 2 aromatic rings. The van der Waals surface area contributed by atoms with Crippen LogP contribution in [0.3, 0.4) is 0 Å². The van der Waals surface area contributed by atoms with Gasteiger partial charge in [0.2, 0.25) is 5.91 Å². The molecule has 0 saturated heterocycles. The number of aryl methyl sites for hydroxylation is 1. The van der Waals surface area contributed by atoms with E-state index in [4.69, 9.17) is 0 Å². The van der Waals surface area contributed by atoms with Crippen LogP contribution in [0, 0.1) is 0 Å². The molecule has 0 saturated carbocycles. The van der Waals surface area contributed by atoms with Gasteiger partial charge in [-0.15, -0.1) is 0 Å². The molecule has 124 valence electrons. The Morgan fingerprint density at radius 1 is 1.26 bits per heavy atom. The zero-order valence-corrected chi connectivity index (χ0v) is 14.1. The lowest BCUT2D eigenvalue weighted by atomic mass is 10.2. The molecule has 1 N–H and O–H groups in total. The van der Waals surface area contributed by atoms with E-state index in [0.717, 1.165) is 5.69 Å². The molecule has 2 rings (SSSR count). The Hall–Kier alpha value is -2.15. The Balaban J connectivity index is 1.93. The van der Waals surface area contributed by atoms with Gasteiger partial charge in [-0.3, -0.25) is 9.48 Å². The maximum absolute atomic E-state index is 12.2. The van der Waals surface area contributed by atoms with Crippen molar-refractivity contribution in [2.45, 2.75) is 37.8 Å². The average molecular weight is 335 g/mol. The minimum Gasteiger partial charge on any atom is -0.348 e. The molecule has 1 heterocycles. The molecule has 1 aromatic carbocycles. The van der Waals surface area contributed by atoms with Crippen molar-refractivity contribution >= 4 is 15.7 Å². The molecule has 6 nitrogen and oxygen atoms in total. The summed E-state index contributed by atoms with van der Waals surface area (Å²) in [6.07, 6.45) is 1.61. The highest BCUT2D eigenvalue weighted by Gasteiger charge is 2.18.